The molecule has 1 aliphatic rings. The van der Waals surface area contributed by atoms with Crippen LogP contribution >= 0.6 is 0 Å². The molecule has 106 valence electrons. The molecule has 19 heavy (non-hydrogen) atoms. The predicted octanol–water partition coefficient (Wildman–Crippen LogP) is 0.733. The van der Waals surface area contributed by atoms with Crippen molar-refractivity contribution in [3.05, 3.63) is 23.4 Å². The summed E-state index contributed by atoms with van der Waals surface area (Å²) in [5, 5.41) is 3.10. The highest BCUT2D eigenvalue weighted by molar-refractivity contribution is 7.91. The molecule has 0 amide bonds. The average molecular weight is 283 g/mol. The van der Waals surface area contributed by atoms with Gasteiger partial charge in [0.05, 0.1) is 11.5 Å². The van der Waals surface area contributed by atoms with E-state index < -0.39 is 9.84 Å². The Morgan fingerprint density at radius 1 is 1.53 bits per heavy atom. The van der Waals surface area contributed by atoms with Gasteiger partial charge in [-0.2, -0.15) is 0 Å². The lowest BCUT2D eigenvalue weighted by molar-refractivity contribution is 0.566. The number of pyridine rings is 1. The van der Waals surface area contributed by atoms with Crippen molar-refractivity contribution < 1.29 is 8.42 Å². The molecular formula is C13H21N3O2S. The number of anilines is 1. The summed E-state index contributed by atoms with van der Waals surface area (Å²) in [7, 11) is -0.978. The Bertz CT molecular complexity index is 557. The maximum Gasteiger partial charge on any atom is 0.154 e. The predicted molar refractivity (Wildman–Crippen MR) is 77.2 cm³/mol. The van der Waals surface area contributed by atoms with Gasteiger partial charge in [0.1, 0.15) is 5.82 Å². The van der Waals surface area contributed by atoms with Gasteiger partial charge in [0, 0.05) is 25.3 Å². The fourth-order valence-corrected chi connectivity index (χ4v) is 4.10. The van der Waals surface area contributed by atoms with Gasteiger partial charge in [-0.1, -0.05) is 0 Å². The first-order valence-corrected chi connectivity index (χ1v) is 8.32. The molecule has 1 atom stereocenters. The molecule has 0 aromatic carbocycles. The van der Waals surface area contributed by atoms with Gasteiger partial charge in [-0.3, -0.25) is 0 Å². The maximum absolute atomic E-state index is 11.6. The Labute approximate surface area is 114 Å². The minimum absolute atomic E-state index is 0.0138. The third-order valence-electron chi connectivity index (χ3n) is 3.43. The van der Waals surface area contributed by atoms with Gasteiger partial charge in [0.25, 0.3) is 0 Å². The van der Waals surface area contributed by atoms with Crippen LogP contribution in [0.25, 0.3) is 0 Å². The zero-order valence-corrected chi connectivity index (χ0v) is 12.5. The number of nitrogens with zero attached hydrogens (tertiary/aromatic N) is 2. The molecule has 1 N–H and O–H groups in total. The van der Waals surface area contributed by atoms with Crippen LogP contribution < -0.4 is 10.2 Å². The maximum atomic E-state index is 11.6. The van der Waals surface area contributed by atoms with E-state index in [1.165, 1.54) is 0 Å². The van der Waals surface area contributed by atoms with Crippen molar-refractivity contribution in [1.29, 1.82) is 0 Å². The Kier molecular flexibility index (Phi) is 4.10. The highest BCUT2D eigenvalue weighted by Gasteiger charge is 2.29. The quantitative estimate of drug-likeness (QED) is 0.886. The lowest BCUT2D eigenvalue weighted by atomic mass is 10.1. The van der Waals surface area contributed by atoms with Crippen molar-refractivity contribution >= 4 is 15.7 Å². The van der Waals surface area contributed by atoms with Gasteiger partial charge in [0.2, 0.25) is 0 Å². The summed E-state index contributed by atoms with van der Waals surface area (Å²) in [5.74, 6) is 1.34. The third-order valence-corrected chi connectivity index (χ3v) is 5.23. The summed E-state index contributed by atoms with van der Waals surface area (Å²) in [5.41, 5.74) is 2.24. The van der Waals surface area contributed by atoms with Crippen LogP contribution in [0.2, 0.25) is 0 Å². The first-order chi connectivity index (χ1) is 8.93. The summed E-state index contributed by atoms with van der Waals surface area (Å²) >= 11 is 0. The van der Waals surface area contributed by atoms with Crippen LogP contribution in [0.15, 0.2) is 12.3 Å². The first-order valence-electron chi connectivity index (χ1n) is 6.50. The largest absolute Gasteiger partial charge is 0.352 e. The Balaban J connectivity index is 2.23. The monoisotopic (exact) mass is 283 g/mol. The second-order valence-electron chi connectivity index (χ2n) is 5.17. The smallest absolute Gasteiger partial charge is 0.154 e. The third kappa shape index (κ3) is 3.25. The van der Waals surface area contributed by atoms with E-state index in [1.807, 2.05) is 27.1 Å². The molecule has 2 heterocycles. The minimum Gasteiger partial charge on any atom is -0.352 e. The van der Waals surface area contributed by atoms with E-state index in [9.17, 15) is 8.42 Å². The SMILES string of the molecule is CNCc1cnc(N2CCS(=O)(=O)CC2C)c(C)c1. The Hall–Kier alpha value is -1.14. The molecule has 6 heteroatoms. The fourth-order valence-electron chi connectivity index (χ4n) is 2.54. The van der Waals surface area contributed by atoms with Crippen LogP contribution in [0.1, 0.15) is 18.1 Å². The van der Waals surface area contributed by atoms with Crippen LogP contribution in [-0.2, 0) is 16.4 Å². The Morgan fingerprint density at radius 3 is 2.84 bits per heavy atom. The van der Waals surface area contributed by atoms with Crippen LogP contribution in [0.4, 0.5) is 5.82 Å². The van der Waals surface area contributed by atoms with E-state index in [1.54, 1.807) is 0 Å². The minimum atomic E-state index is -2.88. The zero-order valence-electron chi connectivity index (χ0n) is 11.7. The molecule has 2 rings (SSSR count). The fraction of sp³-hybridized carbons (Fsp3) is 0.615. The number of rotatable bonds is 3. The van der Waals surface area contributed by atoms with Crippen LogP contribution in [0, 0.1) is 6.92 Å². The molecule has 0 aliphatic carbocycles. The van der Waals surface area contributed by atoms with Crippen molar-refractivity contribution in [2.24, 2.45) is 0 Å². The molecule has 1 aromatic heterocycles. The van der Waals surface area contributed by atoms with E-state index >= 15 is 0 Å². The van der Waals surface area contributed by atoms with Crippen LogP contribution in [0.3, 0.4) is 0 Å². The number of nitrogens with one attached hydrogen (secondary N) is 1. The molecule has 1 fully saturated rings. The molecule has 1 saturated heterocycles. The molecule has 0 saturated carbocycles. The normalized spacial score (nSPS) is 22.5. The molecule has 0 bridgehead atoms. The van der Waals surface area contributed by atoms with Gasteiger partial charge in [0.15, 0.2) is 9.84 Å². The topological polar surface area (TPSA) is 62.3 Å². The lowest BCUT2D eigenvalue weighted by Crippen LogP contribution is -2.47. The molecule has 1 aliphatic heterocycles. The second kappa shape index (κ2) is 5.46. The highest BCUT2D eigenvalue weighted by atomic mass is 32.2. The zero-order chi connectivity index (χ0) is 14.0. The highest BCUT2D eigenvalue weighted by Crippen LogP contribution is 2.23. The summed E-state index contributed by atoms with van der Waals surface area (Å²) in [4.78, 5) is 6.61. The van der Waals surface area contributed by atoms with Crippen LogP contribution in [0.5, 0.6) is 0 Å². The van der Waals surface area contributed by atoms with Crippen molar-refractivity contribution in [2.45, 2.75) is 26.4 Å². The summed E-state index contributed by atoms with van der Waals surface area (Å²) in [6, 6.07) is 2.09. The number of aryl methyl sites for hydroxylation is 1. The van der Waals surface area contributed by atoms with Crippen molar-refractivity contribution in [3.63, 3.8) is 0 Å². The van der Waals surface area contributed by atoms with E-state index in [-0.39, 0.29) is 17.5 Å². The van der Waals surface area contributed by atoms with E-state index in [0.29, 0.717) is 6.54 Å². The number of aromatic nitrogens is 1. The number of hydrogen-bond donors (Lipinski definition) is 1. The van der Waals surface area contributed by atoms with Crippen LogP contribution in [-0.4, -0.2) is 44.5 Å². The van der Waals surface area contributed by atoms with Crippen molar-refractivity contribution in [2.75, 3.05) is 30.0 Å². The van der Waals surface area contributed by atoms with Gasteiger partial charge in [-0.05, 0) is 38.1 Å². The summed E-state index contributed by atoms with van der Waals surface area (Å²) in [6.45, 7) is 5.29. The van der Waals surface area contributed by atoms with Gasteiger partial charge < -0.3 is 10.2 Å². The molecule has 1 aromatic rings. The van der Waals surface area contributed by atoms with E-state index in [0.717, 1.165) is 23.5 Å². The molecule has 1 unspecified atom stereocenters. The molecule has 5 nitrogen and oxygen atoms in total. The number of sulfone groups is 1. The van der Waals surface area contributed by atoms with E-state index in [4.69, 9.17) is 0 Å². The molecule has 0 spiro atoms. The lowest BCUT2D eigenvalue weighted by Gasteiger charge is -2.35. The van der Waals surface area contributed by atoms with Gasteiger partial charge in [-0.25, -0.2) is 13.4 Å². The van der Waals surface area contributed by atoms with Gasteiger partial charge >= 0.3 is 0 Å². The van der Waals surface area contributed by atoms with E-state index in [2.05, 4.69) is 21.3 Å². The number of hydrogen-bond acceptors (Lipinski definition) is 5. The standard InChI is InChI=1S/C13H21N3O2S/c1-10-6-12(7-14-3)8-15-13(10)16-4-5-19(17,18)9-11(16)2/h6,8,11,14H,4-5,7,9H2,1-3H3. The Morgan fingerprint density at radius 2 is 2.26 bits per heavy atom. The summed E-state index contributed by atoms with van der Waals surface area (Å²) < 4.78 is 23.2. The van der Waals surface area contributed by atoms with Crippen molar-refractivity contribution in [1.82, 2.24) is 10.3 Å². The molecular weight excluding hydrogens is 262 g/mol. The summed E-state index contributed by atoms with van der Waals surface area (Å²) in [6.07, 6.45) is 1.86. The molecule has 0 radical (unpaired) electrons. The average Bonchev–Trinajstić information content (AvgIpc) is 2.30. The van der Waals surface area contributed by atoms with Crippen molar-refractivity contribution in [3.8, 4) is 0 Å². The first kappa shape index (κ1) is 14.3. The van der Waals surface area contributed by atoms with Gasteiger partial charge in [-0.15, -0.1) is 0 Å². The second-order valence-corrected chi connectivity index (χ2v) is 7.40.